The average molecular weight is 356 g/mol. The van der Waals surface area contributed by atoms with Crippen molar-refractivity contribution >= 4 is 18.3 Å². The van der Waals surface area contributed by atoms with E-state index in [0.717, 1.165) is 38.5 Å². The molecule has 2 rings (SSSR count). The number of benzene rings is 1. The number of carbonyl (C=O) groups is 1. The Balaban J connectivity index is 0.00000288. The third-order valence-corrected chi connectivity index (χ3v) is 4.05. The maximum Gasteiger partial charge on any atom is 0.257 e. The average Bonchev–Trinajstić information content (AvgIpc) is 2.53. The predicted molar refractivity (Wildman–Crippen MR) is 100 cm³/mol. The van der Waals surface area contributed by atoms with E-state index < -0.39 is 0 Å². The summed E-state index contributed by atoms with van der Waals surface area (Å²) < 4.78 is 5.54. The SMILES string of the molecule is CC(C)(C)c1ccc(OCC(=O)NCCN2CCNCC2)cc1.Cl. The molecule has 0 aromatic heterocycles. The highest BCUT2D eigenvalue weighted by Gasteiger charge is 2.13. The van der Waals surface area contributed by atoms with Crippen LogP contribution in [0.15, 0.2) is 24.3 Å². The zero-order valence-electron chi connectivity index (χ0n) is 14.9. The highest BCUT2D eigenvalue weighted by molar-refractivity contribution is 5.85. The van der Waals surface area contributed by atoms with Crippen molar-refractivity contribution in [2.75, 3.05) is 45.9 Å². The Kier molecular flexibility index (Phi) is 8.53. The van der Waals surface area contributed by atoms with E-state index in [4.69, 9.17) is 4.74 Å². The van der Waals surface area contributed by atoms with Crippen molar-refractivity contribution in [2.45, 2.75) is 26.2 Å². The van der Waals surface area contributed by atoms with Crippen molar-refractivity contribution < 1.29 is 9.53 Å². The zero-order valence-corrected chi connectivity index (χ0v) is 15.7. The lowest BCUT2D eigenvalue weighted by Crippen LogP contribution is -2.46. The standard InChI is InChI=1S/C18H29N3O2.ClH/c1-18(2,3)15-4-6-16(7-5-15)23-14-17(22)20-10-13-21-11-8-19-9-12-21;/h4-7,19H,8-14H2,1-3H3,(H,20,22);1H. The van der Waals surface area contributed by atoms with Gasteiger partial charge in [-0.3, -0.25) is 9.69 Å². The van der Waals surface area contributed by atoms with E-state index in [-0.39, 0.29) is 30.3 Å². The van der Waals surface area contributed by atoms with E-state index in [1.54, 1.807) is 0 Å². The van der Waals surface area contributed by atoms with Crippen LogP contribution in [0.3, 0.4) is 0 Å². The molecule has 24 heavy (non-hydrogen) atoms. The minimum Gasteiger partial charge on any atom is -0.484 e. The molecule has 6 heteroatoms. The molecule has 0 bridgehead atoms. The molecule has 0 atom stereocenters. The van der Waals surface area contributed by atoms with Crippen LogP contribution >= 0.6 is 12.4 Å². The molecule has 1 aliphatic heterocycles. The van der Waals surface area contributed by atoms with Crippen LogP contribution in [0.25, 0.3) is 0 Å². The van der Waals surface area contributed by atoms with Gasteiger partial charge in [0, 0.05) is 39.3 Å². The quantitative estimate of drug-likeness (QED) is 0.817. The maximum absolute atomic E-state index is 11.8. The predicted octanol–water partition coefficient (Wildman–Crippen LogP) is 1.81. The molecule has 1 aromatic carbocycles. The fraction of sp³-hybridized carbons (Fsp3) is 0.611. The summed E-state index contributed by atoms with van der Waals surface area (Å²) in [6.45, 7) is 12.3. The molecule has 1 fully saturated rings. The van der Waals surface area contributed by atoms with Crippen molar-refractivity contribution in [3.63, 3.8) is 0 Å². The molecule has 1 amide bonds. The molecular weight excluding hydrogens is 326 g/mol. The van der Waals surface area contributed by atoms with Crippen molar-refractivity contribution in [2.24, 2.45) is 0 Å². The zero-order chi connectivity index (χ0) is 16.7. The smallest absolute Gasteiger partial charge is 0.257 e. The van der Waals surface area contributed by atoms with Gasteiger partial charge in [-0.1, -0.05) is 32.9 Å². The van der Waals surface area contributed by atoms with E-state index in [1.165, 1.54) is 5.56 Å². The first-order valence-electron chi connectivity index (χ1n) is 8.38. The number of hydrogen-bond donors (Lipinski definition) is 2. The normalized spacial score (nSPS) is 15.5. The lowest BCUT2D eigenvalue weighted by Gasteiger charge is -2.27. The topological polar surface area (TPSA) is 53.6 Å². The van der Waals surface area contributed by atoms with Crippen molar-refractivity contribution in [3.05, 3.63) is 29.8 Å². The minimum absolute atomic E-state index is 0. The van der Waals surface area contributed by atoms with Gasteiger partial charge in [0.05, 0.1) is 0 Å². The van der Waals surface area contributed by atoms with Gasteiger partial charge >= 0.3 is 0 Å². The van der Waals surface area contributed by atoms with Crippen molar-refractivity contribution in [1.82, 2.24) is 15.5 Å². The molecule has 1 heterocycles. The van der Waals surface area contributed by atoms with Crippen LogP contribution in [0.4, 0.5) is 0 Å². The number of hydrogen-bond acceptors (Lipinski definition) is 4. The molecule has 0 aliphatic carbocycles. The van der Waals surface area contributed by atoms with E-state index in [1.807, 2.05) is 12.1 Å². The summed E-state index contributed by atoms with van der Waals surface area (Å²) in [4.78, 5) is 14.2. The van der Waals surface area contributed by atoms with Crippen LogP contribution < -0.4 is 15.4 Å². The Morgan fingerprint density at radius 3 is 2.42 bits per heavy atom. The van der Waals surface area contributed by atoms with E-state index in [0.29, 0.717) is 6.54 Å². The number of ether oxygens (including phenoxy) is 1. The van der Waals surface area contributed by atoms with Crippen LogP contribution in [0.1, 0.15) is 26.3 Å². The van der Waals surface area contributed by atoms with Gasteiger partial charge in [-0.15, -0.1) is 12.4 Å². The van der Waals surface area contributed by atoms with E-state index in [9.17, 15) is 4.79 Å². The fourth-order valence-electron chi connectivity index (χ4n) is 2.54. The molecule has 0 saturated carbocycles. The maximum atomic E-state index is 11.8. The Labute approximate surface area is 151 Å². The Hall–Kier alpha value is -1.30. The van der Waals surface area contributed by atoms with Crippen LogP contribution in [-0.2, 0) is 10.2 Å². The van der Waals surface area contributed by atoms with E-state index in [2.05, 4.69) is 48.4 Å². The van der Waals surface area contributed by atoms with Gasteiger partial charge < -0.3 is 15.4 Å². The van der Waals surface area contributed by atoms with Gasteiger partial charge in [0.15, 0.2) is 6.61 Å². The Morgan fingerprint density at radius 1 is 1.21 bits per heavy atom. The monoisotopic (exact) mass is 355 g/mol. The molecule has 1 saturated heterocycles. The summed E-state index contributed by atoms with van der Waals surface area (Å²) in [5.74, 6) is 0.662. The first-order chi connectivity index (χ1) is 10.9. The fourth-order valence-corrected chi connectivity index (χ4v) is 2.54. The van der Waals surface area contributed by atoms with Gasteiger partial charge in [0.25, 0.3) is 5.91 Å². The van der Waals surface area contributed by atoms with E-state index >= 15 is 0 Å². The lowest BCUT2D eigenvalue weighted by molar-refractivity contribution is -0.123. The number of halogens is 1. The van der Waals surface area contributed by atoms with Crippen molar-refractivity contribution in [1.29, 1.82) is 0 Å². The Morgan fingerprint density at radius 2 is 1.83 bits per heavy atom. The summed E-state index contributed by atoms with van der Waals surface area (Å²) in [7, 11) is 0. The number of nitrogens with one attached hydrogen (secondary N) is 2. The van der Waals surface area contributed by atoms with Crippen LogP contribution in [0, 0.1) is 0 Å². The van der Waals surface area contributed by atoms with Gasteiger partial charge in [-0.2, -0.15) is 0 Å². The number of rotatable bonds is 6. The van der Waals surface area contributed by atoms with Crippen molar-refractivity contribution in [3.8, 4) is 5.75 Å². The summed E-state index contributed by atoms with van der Waals surface area (Å²) in [5.41, 5.74) is 1.38. The second-order valence-electron chi connectivity index (χ2n) is 7.00. The first kappa shape index (κ1) is 20.7. The van der Waals surface area contributed by atoms with Crippen LogP contribution in [-0.4, -0.2) is 56.7 Å². The summed E-state index contributed by atoms with van der Waals surface area (Å²) in [6.07, 6.45) is 0. The number of amides is 1. The highest BCUT2D eigenvalue weighted by Crippen LogP contribution is 2.24. The second-order valence-corrected chi connectivity index (χ2v) is 7.00. The largest absolute Gasteiger partial charge is 0.484 e. The molecular formula is C18H30ClN3O2. The lowest BCUT2D eigenvalue weighted by atomic mass is 9.87. The van der Waals surface area contributed by atoms with Gasteiger partial charge in [-0.25, -0.2) is 0 Å². The summed E-state index contributed by atoms with van der Waals surface area (Å²) >= 11 is 0. The van der Waals surface area contributed by atoms with Crippen LogP contribution in [0.2, 0.25) is 0 Å². The molecule has 0 radical (unpaired) electrons. The molecule has 1 aromatic rings. The molecule has 0 unspecified atom stereocenters. The molecule has 1 aliphatic rings. The molecule has 136 valence electrons. The second kappa shape index (κ2) is 9.87. The number of carbonyl (C=O) groups excluding carboxylic acids is 1. The summed E-state index contributed by atoms with van der Waals surface area (Å²) in [6, 6.07) is 7.96. The summed E-state index contributed by atoms with van der Waals surface area (Å²) in [5, 5.41) is 6.23. The molecule has 0 spiro atoms. The number of nitrogens with zero attached hydrogens (tertiary/aromatic N) is 1. The minimum atomic E-state index is -0.0694. The van der Waals surface area contributed by atoms with Gasteiger partial charge in [-0.05, 0) is 23.1 Å². The third kappa shape index (κ3) is 7.07. The molecule has 5 nitrogen and oxygen atoms in total. The van der Waals surface area contributed by atoms with Gasteiger partial charge in [0.1, 0.15) is 5.75 Å². The first-order valence-corrected chi connectivity index (χ1v) is 8.38. The molecule has 2 N–H and O–H groups in total. The highest BCUT2D eigenvalue weighted by atomic mass is 35.5. The van der Waals surface area contributed by atoms with Crippen LogP contribution in [0.5, 0.6) is 5.75 Å². The third-order valence-electron chi connectivity index (χ3n) is 4.05. The van der Waals surface area contributed by atoms with Gasteiger partial charge in [0.2, 0.25) is 0 Å². The number of piperazine rings is 1. The Bertz CT molecular complexity index is 494.